The Labute approximate surface area is 120 Å². The van der Waals surface area contributed by atoms with E-state index in [1.54, 1.807) is 24.3 Å². The van der Waals surface area contributed by atoms with E-state index in [9.17, 15) is 19.1 Å². The smallest absolute Gasteiger partial charge is 0.372 e. The van der Waals surface area contributed by atoms with Crippen molar-refractivity contribution < 1.29 is 23.9 Å². The number of amides is 1. The molecule has 1 aromatic rings. The average molecular weight is 321 g/mol. The van der Waals surface area contributed by atoms with E-state index in [1.807, 2.05) is 13.8 Å². The third-order valence-electron chi connectivity index (χ3n) is 2.43. The molecule has 0 bridgehead atoms. The molecule has 0 saturated carbocycles. The summed E-state index contributed by atoms with van der Waals surface area (Å²) in [6, 6.07) is 6.58. The van der Waals surface area contributed by atoms with Crippen molar-refractivity contribution >= 4 is 28.2 Å². The highest BCUT2D eigenvalue weighted by Gasteiger charge is 2.31. The minimum absolute atomic E-state index is 0.0374. The largest absolute Gasteiger partial charge is 0.497 e. The zero-order valence-corrected chi connectivity index (χ0v) is 13.4. The van der Waals surface area contributed by atoms with Crippen LogP contribution in [0.15, 0.2) is 24.3 Å². The topological polar surface area (TPSA) is 95.9 Å². The van der Waals surface area contributed by atoms with Crippen molar-refractivity contribution in [3.05, 3.63) is 24.3 Å². The van der Waals surface area contributed by atoms with Crippen LogP contribution in [-0.4, -0.2) is 27.9 Å². The molecule has 0 fully saturated rings. The van der Waals surface area contributed by atoms with Gasteiger partial charge in [0.25, 0.3) is 5.24 Å². The van der Waals surface area contributed by atoms with Crippen LogP contribution in [0.3, 0.4) is 0 Å². The van der Waals surface area contributed by atoms with Gasteiger partial charge in [-0.25, -0.2) is 4.57 Å². The Balaban J connectivity index is 2.82. The van der Waals surface area contributed by atoms with E-state index in [0.29, 0.717) is 11.4 Å². The van der Waals surface area contributed by atoms with E-state index < -0.39 is 22.6 Å². The Hall–Kier alpha value is -1.01. The van der Waals surface area contributed by atoms with E-state index in [1.165, 1.54) is 7.11 Å². The SMILES string of the molecule is COc1ccc(NC(=O)[SH](CC(C)C)P(=O)(O)O)cc1. The van der Waals surface area contributed by atoms with Crippen LogP contribution in [0.4, 0.5) is 10.5 Å². The second-order valence-corrected chi connectivity index (χ2v) is 10.3. The Kier molecular flexibility index (Phi) is 6.07. The molecule has 0 spiro atoms. The highest BCUT2D eigenvalue weighted by Crippen LogP contribution is 2.64. The van der Waals surface area contributed by atoms with Crippen LogP contribution in [-0.2, 0) is 4.57 Å². The summed E-state index contributed by atoms with van der Waals surface area (Å²) in [5.74, 6) is 0.875. The van der Waals surface area contributed by atoms with Gasteiger partial charge in [-0.1, -0.05) is 24.4 Å². The number of hydrogen-bond donors (Lipinski definition) is 4. The number of carbonyl (C=O) groups excluding carboxylic acids is 1. The maximum atomic E-state index is 12.0. The molecule has 1 unspecified atom stereocenters. The summed E-state index contributed by atoms with van der Waals surface area (Å²) < 4.78 is 16.4. The summed E-state index contributed by atoms with van der Waals surface area (Å²) in [6.45, 7) is -0.760. The quantitative estimate of drug-likeness (QED) is 0.494. The fourth-order valence-corrected chi connectivity index (χ4v) is 5.56. The molecule has 114 valence electrons. The molecule has 6 nitrogen and oxygen atoms in total. The Morgan fingerprint density at radius 2 is 1.90 bits per heavy atom. The van der Waals surface area contributed by atoms with Gasteiger partial charge >= 0.3 is 6.80 Å². The molecule has 1 amide bonds. The van der Waals surface area contributed by atoms with Crippen molar-refractivity contribution in [2.75, 3.05) is 18.2 Å². The summed E-state index contributed by atoms with van der Waals surface area (Å²) >= 11 is 0. The summed E-state index contributed by atoms with van der Waals surface area (Å²) in [5, 5.41) is 1.94. The Morgan fingerprint density at radius 3 is 2.30 bits per heavy atom. The van der Waals surface area contributed by atoms with Crippen molar-refractivity contribution in [1.29, 1.82) is 0 Å². The number of rotatable bonds is 5. The number of nitrogens with one attached hydrogen (secondary N) is 1. The van der Waals surface area contributed by atoms with Gasteiger partial charge in [-0.2, -0.15) is 0 Å². The molecule has 20 heavy (non-hydrogen) atoms. The first-order valence-electron chi connectivity index (χ1n) is 6.02. The fraction of sp³-hybridized carbons (Fsp3) is 0.417. The summed E-state index contributed by atoms with van der Waals surface area (Å²) in [4.78, 5) is 30.7. The molecule has 1 rings (SSSR count). The molecular weight excluding hydrogens is 301 g/mol. The maximum Gasteiger partial charge on any atom is 0.372 e. The van der Waals surface area contributed by atoms with Crippen LogP contribution in [0.5, 0.6) is 5.75 Å². The van der Waals surface area contributed by atoms with Crippen molar-refractivity contribution in [3.8, 4) is 5.75 Å². The maximum absolute atomic E-state index is 12.0. The highest BCUT2D eigenvalue weighted by molar-refractivity contribution is 8.72. The summed E-state index contributed by atoms with van der Waals surface area (Å²) in [6.07, 6.45) is 0. The van der Waals surface area contributed by atoms with Crippen LogP contribution in [0.1, 0.15) is 13.8 Å². The van der Waals surface area contributed by atoms with Crippen LogP contribution in [0, 0.1) is 5.92 Å². The molecule has 1 aromatic carbocycles. The molecule has 0 aliphatic carbocycles. The van der Waals surface area contributed by atoms with E-state index in [4.69, 9.17) is 4.74 Å². The first kappa shape index (κ1) is 17.0. The van der Waals surface area contributed by atoms with Crippen LogP contribution >= 0.6 is 17.3 Å². The van der Waals surface area contributed by atoms with E-state index in [-0.39, 0.29) is 11.7 Å². The lowest BCUT2D eigenvalue weighted by atomic mass is 10.3. The first-order valence-corrected chi connectivity index (χ1v) is 9.87. The minimum atomic E-state index is -4.41. The standard InChI is InChI=1S/C12H20NO5PS/c1-9(2)8-20(19(15,16)17)12(14)13-10-4-6-11(18-3)7-5-10/h4-7,9,20H,8H2,1-3H3,(H,13,14)(H2,15,16,17). The van der Waals surface area contributed by atoms with Gasteiger partial charge in [0.1, 0.15) is 5.75 Å². The van der Waals surface area contributed by atoms with Crippen molar-refractivity contribution in [2.24, 2.45) is 5.92 Å². The molecule has 0 heterocycles. The third-order valence-corrected chi connectivity index (χ3v) is 7.64. The van der Waals surface area contributed by atoms with E-state index in [0.717, 1.165) is 0 Å². The third kappa shape index (κ3) is 5.17. The van der Waals surface area contributed by atoms with Gasteiger partial charge in [0, 0.05) is 5.69 Å². The highest BCUT2D eigenvalue weighted by atomic mass is 32.8. The van der Waals surface area contributed by atoms with Crippen LogP contribution in [0.2, 0.25) is 0 Å². The predicted molar refractivity (Wildman–Crippen MR) is 82.7 cm³/mol. The molecule has 8 heteroatoms. The molecule has 0 radical (unpaired) electrons. The zero-order chi connectivity index (χ0) is 15.3. The van der Waals surface area contributed by atoms with Gasteiger partial charge in [-0.3, -0.25) is 4.79 Å². The van der Waals surface area contributed by atoms with Crippen molar-refractivity contribution in [1.82, 2.24) is 0 Å². The number of ether oxygens (including phenoxy) is 1. The van der Waals surface area contributed by atoms with Gasteiger partial charge in [0.15, 0.2) is 0 Å². The summed E-state index contributed by atoms with van der Waals surface area (Å²) in [5.41, 5.74) is 0.487. The first-order chi connectivity index (χ1) is 9.24. The predicted octanol–water partition coefficient (Wildman–Crippen LogP) is 2.98. The molecule has 0 aliphatic rings. The Bertz CT molecular complexity index is 499. The number of carbonyl (C=O) groups is 1. The summed E-state index contributed by atoms with van der Waals surface area (Å²) in [7, 11) is -0.521. The van der Waals surface area contributed by atoms with Crippen molar-refractivity contribution in [3.63, 3.8) is 0 Å². The zero-order valence-electron chi connectivity index (χ0n) is 11.6. The number of anilines is 1. The number of methoxy groups -OCH3 is 1. The van der Waals surface area contributed by atoms with Gasteiger partial charge in [0.05, 0.1) is 7.11 Å². The van der Waals surface area contributed by atoms with Crippen molar-refractivity contribution in [2.45, 2.75) is 13.8 Å². The van der Waals surface area contributed by atoms with Gasteiger partial charge < -0.3 is 19.8 Å². The molecular formula is C12H20NO5PS. The molecule has 3 N–H and O–H groups in total. The molecule has 0 saturated heterocycles. The second-order valence-electron chi connectivity index (χ2n) is 4.65. The number of thiol groups is 1. The lowest BCUT2D eigenvalue weighted by Crippen LogP contribution is -2.14. The van der Waals surface area contributed by atoms with Gasteiger partial charge in [0.2, 0.25) is 0 Å². The average Bonchev–Trinajstić information content (AvgIpc) is 2.35. The lowest BCUT2D eigenvalue weighted by molar-refractivity contribution is 0.269. The van der Waals surface area contributed by atoms with Crippen LogP contribution < -0.4 is 10.1 Å². The Morgan fingerprint density at radius 1 is 1.35 bits per heavy atom. The molecule has 0 aromatic heterocycles. The lowest BCUT2D eigenvalue weighted by Gasteiger charge is -2.23. The fourth-order valence-electron chi connectivity index (χ4n) is 1.52. The molecule has 0 aliphatic heterocycles. The van der Waals surface area contributed by atoms with E-state index >= 15 is 0 Å². The van der Waals surface area contributed by atoms with Gasteiger partial charge in [-0.15, -0.1) is 0 Å². The number of hydrogen-bond acceptors (Lipinski definition) is 3. The van der Waals surface area contributed by atoms with Gasteiger partial charge in [-0.05, 0) is 35.9 Å². The van der Waals surface area contributed by atoms with E-state index in [2.05, 4.69) is 5.32 Å². The minimum Gasteiger partial charge on any atom is -0.497 e. The monoisotopic (exact) mass is 321 g/mol. The van der Waals surface area contributed by atoms with Crippen LogP contribution in [0.25, 0.3) is 0 Å². The normalized spacial score (nSPS) is 14.0. The second kappa shape index (κ2) is 7.13. The number of benzene rings is 1. The molecule has 1 atom stereocenters.